The average molecular weight is 547 g/mol. The summed E-state index contributed by atoms with van der Waals surface area (Å²) >= 11 is 19.3. The number of benzene rings is 3. The van der Waals surface area contributed by atoms with Gasteiger partial charge in [0.15, 0.2) is 0 Å². The van der Waals surface area contributed by atoms with E-state index in [4.69, 9.17) is 53.9 Å². The molecule has 0 aliphatic carbocycles. The molecule has 0 spiro atoms. The summed E-state index contributed by atoms with van der Waals surface area (Å²) in [5.74, 6) is 0.706. The standard InChI is InChI=1S/C27H22Cl3NO5/c1-15(2)26-20(25(31-36-26)24-21(28)7-4-8-22(24)29)14-35-19-10-9-17(23(30)12-19)13-34-18-6-3-5-16(11-18)27(32)33/h3-12,15H,13-14H2,1-2H3,(H,32,33). The molecule has 0 bridgehead atoms. The summed E-state index contributed by atoms with van der Waals surface area (Å²) in [6, 6.07) is 16.8. The van der Waals surface area contributed by atoms with E-state index in [1.165, 1.54) is 12.1 Å². The Morgan fingerprint density at radius 2 is 1.58 bits per heavy atom. The van der Waals surface area contributed by atoms with Crippen molar-refractivity contribution in [3.63, 3.8) is 0 Å². The van der Waals surface area contributed by atoms with E-state index >= 15 is 0 Å². The minimum absolute atomic E-state index is 0.0638. The molecule has 9 heteroatoms. The number of rotatable bonds is 9. The Morgan fingerprint density at radius 3 is 2.25 bits per heavy atom. The number of halogens is 3. The largest absolute Gasteiger partial charge is 0.489 e. The lowest BCUT2D eigenvalue weighted by molar-refractivity contribution is 0.0696. The zero-order valence-corrected chi connectivity index (χ0v) is 21.7. The third-order valence-corrected chi connectivity index (χ3v) is 6.41. The van der Waals surface area contributed by atoms with Crippen molar-refractivity contribution in [1.29, 1.82) is 0 Å². The van der Waals surface area contributed by atoms with Gasteiger partial charge in [-0.25, -0.2) is 4.79 Å². The van der Waals surface area contributed by atoms with Crippen molar-refractivity contribution in [1.82, 2.24) is 5.16 Å². The molecule has 0 aliphatic heterocycles. The fraction of sp³-hybridized carbons (Fsp3) is 0.185. The van der Waals surface area contributed by atoms with Gasteiger partial charge in [-0.2, -0.15) is 0 Å². The summed E-state index contributed by atoms with van der Waals surface area (Å²) in [6.45, 7) is 4.34. The van der Waals surface area contributed by atoms with Crippen molar-refractivity contribution in [3.8, 4) is 22.8 Å². The Morgan fingerprint density at radius 1 is 0.917 bits per heavy atom. The summed E-state index contributed by atoms with van der Waals surface area (Å²) in [5.41, 5.74) is 2.75. The third-order valence-electron chi connectivity index (χ3n) is 5.43. The topological polar surface area (TPSA) is 81.8 Å². The molecule has 0 saturated heterocycles. The number of hydrogen-bond donors (Lipinski definition) is 1. The summed E-state index contributed by atoms with van der Waals surface area (Å²) in [4.78, 5) is 11.1. The van der Waals surface area contributed by atoms with E-state index in [0.717, 1.165) is 11.1 Å². The highest BCUT2D eigenvalue weighted by molar-refractivity contribution is 6.39. The van der Waals surface area contributed by atoms with Crippen molar-refractivity contribution in [2.45, 2.75) is 33.0 Å². The number of aromatic nitrogens is 1. The smallest absolute Gasteiger partial charge is 0.335 e. The molecule has 36 heavy (non-hydrogen) atoms. The highest BCUT2D eigenvalue weighted by Gasteiger charge is 2.24. The number of ether oxygens (including phenoxy) is 2. The summed E-state index contributed by atoms with van der Waals surface area (Å²) < 4.78 is 17.4. The number of aromatic carboxylic acids is 1. The summed E-state index contributed by atoms with van der Waals surface area (Å²) in [7, 11) is 0. The Kier molecular flexibility index (Phi) is 8.09. The molecule has 1 aromatic heterocycles. The Balaban J connectivity index is 1.50. The van der Waals surface area contributed by atoms with Gasteiger partial charge in [0, 0.05) is 17.0 Å². The van der Waals surface area contributed by atoms with Crippen LogP contribution in [0.15, 0.2) is 65.2 Å². The highest BCUT2D eigenvalue weighted by atomic mass is 35.5. The van der Waals surface area contributed by atoms with Gasteiger partial charge in [-0.3, -0.25) is 0 Å². The van der Waals surface area contributed by atoms with Crippen molar-refractivity contribution >= 4 is 40.8 Å². The van der Waals surface area contributed by atoms with Gasteiger partial charge >= 0.3 is 5.97 Å². The third kappa shape index (κ3) is 5.78. The molecule has 3 aromatic carbocycles. The first-order chi connectivity index (χ1) is 17.2. The van der Waals surface area contributed by atoms with E-state index in [9.17, 15) is 4.79 Å². The molecular weight excluding hydrogens is 525 g/mol. The second kappa shape index (κ2) is 11.2. The van der Waals surface area contributed by atoms with Crippen LogP contribution in [0.2, 0.25) is 15.1 Å². The second-order valence-corrected chi connectivity index (χ2v) is 9.51. The normalized spacial score (nSPS) is 11.1. The van der Waals surface area contributed by atoms with Crippen LogP contribution in [0.5, 0.6) is 11.5 Å². The van der Waals surface area contributed by atoms with Crippen LogP contribution < -0.4 is 9.47 Å². The first-order valence-electron chi connectivity index (χ1n) is 11.0. The number of carbonyl (C=O) groups is 1. The van der Waals surface area contributed by atoms with Gasteiger partial charge in [0.1, 0.15) is 36.2 Å². The van der Waals surface area contributed by atoms with Crippen LogP contribution in [0.3, 0.4) is 0 Å². The summed E-state index contributed by atoms with van der Waals surface area (Å²) in [6.07, 6.45) is 0. The predicted molar refractivity (Wildman–Crippen MR) is 140 cm³/mol. The van der Waals surface area contributed by atoms with Crippen LogP contribution in [0.1, 0.15) is 47.0 Å². The lowest BCUT2D eigenvalue weighted by Gasteiger charge is -2.12. The van der Waals surface area contributed by atoms with E-state index in [2.05, 4.69) is 5.16 Å². The Bertz CT molecular complexity index is 1380. The van der Waals surface area contributed by atoms with Crippen LogP contribution in [0, 0.1) is 0 Å². The summed E-state index contributed by atoms with van der Waals surface area (Å²) in [5, 5.41) is 14.8. The van der Waals surface area contributed by atoms with E-state index < -0.39 is 5.97 Å². The second-order valence-electron chi connectivity index (χ2n) is 8.29. The molecule has 4 rings (SSSR count). The number of carboxylic acid groups (broad SMARTS) is 1. The van der Waals surface area contributed by atoms with Gasteiger partial charge in [-0.05, 0) is 42.5 Å². The fourth-order valence-electron chi connectivity index (χ4n) is 3.61. The lowest BCUT2D eigenvalue weighted by atomic mass is 10.0. The molecule has 0 saturated carbocycles. The SMILES string of the molecule is CC(C)c1onc(-c2c(Cl)cccc2Cl)c1COc1ccc(COc2cccc(C(=O)O)c2)c(Cl)c1. The molecule has 0 unspecified atom stereocenters. The van der Waals surface area contributed by atoms with Crippen LogP contribution in [0.4, 0.5) is 0 Å². The van der Waals surface area contributed by atoms with E-state index in [-0.39, 0.29) is 24.7 Å². The van der Waals surface area contributed by atoms with Crippen molar-refractivity contribution < 1.29 is 23.9 Å². The van der Waals surface area contributed by atoms with Crippen molar-refractivity contribution in [2.24, 2.45) is 0 Å². The molecule has 1 heterocycles. The maximum absolute atomic E-state index is 11.1. The highest BCUT2D eigenvalue weighted by Crippen LogP contribution is 2.39. The molecule has 1 N–H and O–H groups in total. The maximum atomic E-state index is 11.1. The maximum Gasteiger partial charge on any atom is 0.335 e. The zero-order valence-electron chi connectivity index (χ0n) is 19.4. The molecule has 6 nitrogen and oxygen atoms in total. The molecule has 0 radical (unpaired) electrons. The zero-order chi connectivity index (χ0) is 25.8. The van der Waals surface area contributed by atoms with Crippen LogP contribution >= 0.6 is 34.8 Å². The van der Waals surface area contributed by atoms with E-state index in [0.29, 0.717) is 43.6 Å². The minimum atomic E-state index is -1.02. The first kappa shape index (κ1) is 25.9. The lowest BCUT2D eigenvalue weighted by Crippen LogP contribution is -2.02. The molecule has 186 valence electrons. The molecule has 0 fully saturated rings. The number of carboxylic acids is 1. The Labute approximate surface area is 223 Å². The van der Waals surface area contributed by atoms with Crippen LogP contribution in [-0.4, -0.2) is 16.2 Å². The fourth-order valence-corrected chi connectivity index (χ4v) is 4.41. The van der Waals surface area contributed by atoms with Gasteiger partial charge < -0.3 is 19.1 Å². The predicted octanol–water partition coefficient (Wildman–Crippen LogP) is 8.28. The number of nitrogens with zero attached hydrogens (tertiary/aromatic N) is 1. The van der Waals surface area contributed by atoms with Crippen molar-refractivity contribution in [3.05, 3.63) is 98.2 Å². The van der Waals surface area contributed by atoms with Crippen molar-refractivity contribution in [2.75, 3.05) is 0 Å². The molecular formula is C27H22Cl3NO5. The van der Waals surface area contributed by atoms with Gasteiger partial charge in [0.05, 0.1) is 26.2 Å². The monoisotopic (exact) mass is 545 g/mol. The van der Waals surface area contributed by atoms with E-state index in [1.807, 2.05) is 13.8 Å². The molecule has 4 aromatic rings. The van der Waals surface area contributed by atoms with Gasteiger partial charge in [0.2, 0.25) is 0 Å². The molecule has 0 aliphatic rings. The molecule has 0 amide bonds. The van der Waals surface area contributed by atoms with Gasteiger partial charge in [0.25, 0.3) is 0 Å². The van der Waals surface area contributed by atoms with Gasteiger partial charge in [-0.15, -0.1) is 0 Å². The quantitative estimate of drug-likeness (QED) is 0.227. The number of hydrogen-bond acceptors (Lipinski definition) is 5. The first-order valence-corrected chi connectivity index (χ1v) is 12.2. The molecule has 0 atom stereocenters. The minimum Gasteiger partial charge on any atom is -0.489 e. The Hall–Kier alpha value is -3.19. The van der Waals surface area contributed by atoms with Crippen LogP contribution in [-0.2, 0) is 13.2 Å². The van der Waals surface area contributed by atoms with Gasteiger partial charge in [-0.1, -0.05) is 72.0 Å². The van der Waals surface area contributed by atoms with Crippen LogP contribution in [0.25, 0.3) is 11.3 Å². The van der Waals surface area contributed by atoms with E-state index in [1.54, 1.807) is 48.5 Å². The average Bonchev–Trinajstić information content (AvgIpc) is 3.26.